The lowest BCUT2D eigenvalue weighted by molar-refractivity contribution is -0.123. The standard InChI is InChI=1S/C22H21NO6/c1-14-10-22(25)29-19-12-16(3-4-17(14)19)28-13-21(24)23-7-6-15-2-5-18-20(11-15)27-9-8-26-18/h2-5,10-12H,6-9,13H2,1H3,(H,23,24). The zero-order valence-corrected chi connectivity index (χ0v) is 16.0. The number of fused-ring (bicyclic) bond motifs is 2. The van der Waals surface area contributed by atoms with Crippen LogP contribution >= 0.6 is 0 Å². The molecule has 1 aromatic heterocycles. The highest BCUT2D eigenvalue weighted by molar-refractivity contribution is 5.81. The molecule has 0 atom stereocenters. The molecule has 0 saturated heterocycles. The van der Waals surface area contributed by atoms with E-state index in [2.05, 4.69) is 5.32 Å². The fraction of sp³-hybridized carbons (Fsp3) is 0.273. The van der Waals surface area contributed by atoms with Gasteiger partial charge in [0.15, 0.2) is 18.1 Å². The summed E-state index contributed by atoms with van der Waals surface area (Å²) in [5, 5.41) is 3.66. The second-order valence-electron chi connectivity index (χ2n) is 6.77. The van der Waals surface area contributed by atoms with Crippen LogP contribution in [0.15, 0.2) is 51.7 Å². The summed E-state index contributed by atoms with van der Waals surface area (Å²) in [4.78, 5) is 23.6. The van der Waals surface area contributed by atoms with Crippen LogP contribution in [0.3, 0.4) is 0 Å². The van der Waals surface area contributed by atoms with Crippen LogP contribution in [-0.2, 0) is 11.2 Å². The van der Waals surface area contributed by atoms with E-state index in [9.17, 15) is 9.59 Å². The molecular weight excluding hydrogens is 374 g/mol. The first-order chi connectivity index (χ1) is 14.1. The topological polar surface area (TPSA) is 87.0 Å². The minimum absolute atomic E-state index is 0.122. The highest BCUT2D eigenvalue weighted by Crippen LogP contribution is 2.30. The number of aryl methyl sites for hydroxylation is 1. The fourth-order valence-electron chi connectivity index (χ4n) is 3.18. The Morgan fingerprint density at radius 3 is 2.76 bits per heavy atom. The van der Waals surface area contributed by atoms with Gasteiger partial charge in [0.2, 0.25) is 0 Å². The largest absolute Gasteiger partial charge is 0.486 e. The molecule has 0 fully saturated rings. The molecule has 7 nitrogen and oxygen atoms in total. The third-order valence-corrected chi connectivity index (χ3v) is 4.64. The molecule has 3 aromatic rings. The predicted molar refractivity (Wildman–Crippen MR) is 107 cm³/mol. The molecule has 1 aliphatic rings. The summed E-state index contributed by atoms with van der Waals surface area (Å²) < 4.78 is 21.8. The Bertz CT molecular complexity index is 1100. The molecule has 2 heterocycles. The van der Waals surface area contributed by atoms with E-state index in [4.69, 9.17) is 18.6 Å². The van der Waals surface area contributed by atoms with Gasteiger partial charge in [0.1, 0.15) is 24.5 Å². The Morgan fingerprint density at radius 2 is 1.90 bits per heavy atom. The van der Waals surface area contributed by atoms with Crippen LogP contribution in [0.1, 0.15) is 11.1 Å². The maximum atomic E-state index is 12.1. The summed E-state index contributed by atoms with van der Waals surface area (Å²) in [5.41, 5.74) is 1.91. The Labute approximate surface area is 167 Å². The van der Waals surface area contributed by atoms with Crippen LogP contribution < -0.4 is 25.2 Å². The lowest BCUT2D eigenvalue weighted by atomic mass is 10.1. The van der Waals surface area contributed by atoms with Gasteiger partial charge >= 0.3 is 5.63 Å². The maximum absolute atomic E-state index is 12.1. The Balaban J connectivity index is 1.28. The molecular formula is C22H21NO6. The van der Waals surface area contributed by atoms with Crippen molar-refractivity contribution in [3.8, 4) is 17.2 Å². The summed E-state index contributed by atoms with van der Waals surface area (Å²) in [5.74, 6) is 1.72. The normalized spacial score (nSPS) is 12.6. The number of benzene rings is 2. The molecule has 0 bridgehead atoms. The van der Waals surface area contributed by atoms with Gasteiger partial charge in [-0.15, -0.1) is 0 Å². The third kappa shape index (κ3) is 4.51. The van der Waals surface area contributed by atoms with Crippen molar-refractivity contribution in [3.63, 3.8) is 0 Å². The number of hydrogen-bond donors (Lipinski definition) is 1. The predicted octanol–water partition coefficient (Wildman–Crippen LogP) is 2.61. The van der Waals surface area contributed by atoms with Gasteiger partial charge in [-0.05, 0) is 48.7 Å². The fourth-order valence-corrected chi connectivity index (χ4v) is 3.18. The van der Waals surface area contributed by atoms with Crippen LogP contribution in [0, 0.1) is 6.92 Å². The van der Waals surface area contributed by atoms with Crippen molar-refractivity contribution in [2.45, 2.75) is 13.3 Å². The van der Waals surface area contributed by atoms with Gasteiger partial charge in [0, 0.05) is 24.1 Å². The van der Waals surface area contributed by atoms with E-state index >= 15 is 0 Å². The van der Waals surface area contributed by atoms with Gasteiger partial charge in [-0.3, -0.25) is 4.79 Å². The minimum atomic E-state index is -0.413. The number of rotatable bonds is 6. The minimum Gasteiger partial charge on any atom is -0.486 e. The molecule has 1 amide bonds. The number of amides is 1. The number of ether oxygens (including phenoxy) is 3. The first kappa shape index (κ1) is 18.9. The van der Waals surface area contributed by atoms with Crippen molar-refractivity contribution < 1.29 is 23.4 Å². The van der Waals surface area contributed by atoms with E-state index in [1.165, 1.54) is 6.07 Å². The van der Waals surface area contributed by atoms with E-state index in [1.807, 2.05) is 31.2 Å². The molecule has 0 radical (unpaired) electrons. The van der Waals surface area contributed by atoms with Gasteiger partial charge in [-0.2, -0.15) is 0 Å². The molecule has 2 aromatic carbocycles. The van der Waals surface area contributed by atoms with Crippen LogP contribution in [0.25, 0.3) is 11.0 Å². The van der Waals surface area contributed by atoms with Crippen LogP contribution in [0.2, 0.25) is 0 Å². The first-order valence-electron chi connectivity index (χ1n) is 9.41. The lowest BCUT2D eigenvalue weighted by Gasteiger charge is -2.18. The van der Waals surface area contributed by atoms with E-state index in [1.54, 1.807) is 12.1 Å². The van der Waals surface area contributed by atoms with Crippen molar-refractivity contribution in [3.05, 3.63) is 64.0 Å². The van der Waals surface area contributed by atoms with Crippen LogP contribution in [0.4, 0.5) is 0 Å². The van der Waals surface area contributed by atoms with E-state index in [0.717, 1.165) is 28.0 Å². The number of carbonyl (C=O) groups excluding carboxylic acids is 1. The molecule has 1 N–H and O–H groups in total. The van der Waals surface area contributed by atoms with E-state index in [-0.39, 0.29) is 12.5 Å². The van der Waals surface area contributed by atoms with Gasteiger partial charge in [0.05, 0.1) is 0 Å². The van der Waals surface area contributed by atoms with Crippen molar-refractivity contribution >= 4 is 16.9 Å². The lowest BCUT2D eigenvalue weighted by Crippen LogP contribution is -2.30. The van der Waals surface area contributed by atoms with Gasteiger partial charge < -0.3 is 23.9 Å². The van der Waals surface area contributed by atoms with E-state index in [0.29, 0.717) is 37.5 Å². The summed E-state index contributed by atoms with van der Waals surface area (Å²) in [6.07, 6.45) is 0.669. The average molecular weight is 395 g/mol. The van der Waals surface area contributed by atoms with Crippen LogP contribution in [-0.4, -0.2) is 32.3 Å². The Kier molecular flexibility index (Phi) is 5.37. The highest BCUT2D eigenvalue weighted by atomic mass is 16.6. The summed E-state index contributed by atoms with van der Waals surface area (Å²) in [6, 6.07) is 12.4. The molecule has 4 rings (SSSR count). The Morgan fingerprint density at radius 1 is 1.07 bits per heavy atom. The van der Waals surface area contributed by atoms with Crippen LogP contribution in [0.5, 0.6) is 17.2 Å². The Hall–Kier alpha value is -3.48. The van der Waals surface area contributed by atoms with Gasteiger partial charge in [0.25, 0.3) is 5.91 Å². The van der Waals surface area contributed by atoms with Crippen molar-refractivity contribution in [1.82, 2.24) is 5.32 Å². The third-order valence-electron chi connectivity index (χ3n) is 4.64. The quantitative estimate of drug-likeness (QED) is 0.646. The molecule has 29 heavy (non-hydrogen) atoms. The second-order valence-corrected chi connectivity index (χ2v) is 6.77. The number of hydrogen-bond acceptors (Lipinski definition) is 6. The summed E-state index contributed by atoms with van der Waals surface area (Å²) in [7, 11) is 0. The smallest absolute Gasteiger partial charge is 0.336 e. The number of carbonyl (C=O) groups is 1. The number of nitrogens with one attached hydrogen (secondary N) is 1. The van der Waals surface area contributed by atoms with Gasteiger partial charge in [-0.25, -0.2) is 4.79 Å². The zero-order valence-electron chi connectivity index (χ0n) is 16.0. The molecule has 150 valence electrons. The SMILES string of the molecule is Cc1cc(=O)oc2cc(OCC(=O)NCCc3ccc4c(c3)OCCO4)ccc12. The maximum Gasteiger partial charge on any atom is 0.336 e. The molecule has 0 unspecified atom stereocenters. The molecule has 0 saturated carbocycles. The molecule has 0 spiro atoms. The molecule has 7 heteroatoms. The summed E-state index contributed by atoms with van der Waals surface area (Å²) in [6.45, 7) is 3.30. The van der Waals surface area contributed by atoms with E-state index < -0.39 is 5.63 Å². The van der Waals surface area contributed by atoms with Crippen molar-refractivity contribution in [2.24, 2.45) is 0 Å². The first-order valence-corrected chi connectivity index (χ1v) is 9.41. The highest BCUT2D eigenvalue weighted by Gasteiger charge is 2.12. The van der Waals surface area contributed by atoms with Gasteiger partial charge in [-0.1, -0.05) is 6.07 Å². The average Bonchev–Trinajstić information content (AvgIpc) is 2.72. The van der Waals surface area contributed by atoms with Crippen molar-refractivity contribution in [2.75, 3.05) is 26.4 Å². The van der Waals surface area contributed by atoms with Crippen molar-refractivity contribution in [1.29, 1.82) is 0 Å². The molecule has 0 aliphatic carbocycles. The monoisotopic (exact) mass is 395 g/mol. The summed E-state index contributed by atoms with van der Waals surface area (Å²) >= 11 is 0. The molecule has 1 aliphatic heterocycles. The zero-order chi connectivity index (χ0) is 20.2. The second kappa shape index (κ2) is 8.26.